The third kappa shape index (κ3) is 9.51. The standard InChI is InChI=1S/C24H37F3N2O4/c1-28(12-14-32-2)11-5-3-4-6-13-33-20-9-7-19(8-10-20)29(24(30)31)17-18-15-22(26)23(27)16-21(18)25/h15-16,19-20H,3-14,17H2,1-2H3,(H,30,31). The van der Waals surface area contributed by atoms with Crippen LogP contribution in [0.2, 0.25) is 0 Å². The molecular weight excluding hydrogens is 437 g/mol. The maximum absolute atomic E-state index is 14.0. The van der Waals surface area contributed by atoms with Gasteiger partial charge in [-0.1, -0.05) is 12.8 Å². The molecule has 1 fully saturated rings. The van der Waals surface area contributed by atoms with E-state index in [0.29, 0.717) is 25.5 Å². The molecule has 0 radical (unpaired) electrons. The number of amides is 1. The monoisotopic (exact) mass is 474 g/mol. The second-order valence-corrected chi connectivity index (χ2v) is 8.78. The van der Waals surface area contributed by atoms with E-state index in [1.165, 1.54) is 0 Å². The number of halogens is 3. The summed E-state index contributed by atoms with van der Waals surface area (Å²) in [6.07, 6.45) is 5.94. The molecular formula is C24H37F3N2O4. The Kier molecular flexibility index (Phi) is 12.0. The minimum absolute atomic E-state index is 0.0945. The highest BCUT2D eigenvalue weighted by Crippen LogP contribution is 2.27. The Hall–Kier alpha value is -1.84. The summed E-state index contributed by atoms with van der Waals surface area (Å²) in [5.41, 5.74) is -0.167. The van der Waals surface area contributed by atoms with Crippen LogP contribution in [-0.2, 0) is 16.0 Å². The molecule has 0 aromatic heterocycles. The average molecular weight is 475 g/mol. The highest BCUT2D eigenvalue weighted by molar-refractivity contribution is 5.65. The van der Waals surface area contributed by atoms with Crippen molar-refractivity contribution in [3.05, 3.63) is 35.1 Å². The molecule has 0 unspecified atom stereocenters. The van der Waals surface area contributed by atoms with Crippen LogP contribution >= 0.6 is 0 Å². The van der Waals surface area contributed by atoms with E-state index in [-0.39, 0.29) is 24.3 Å². The van der Waals surface area contributed by atoms with E-state index in [0.717, 1.165) is 69.2 Å². The van der Waals surface area contributed by atoms with Crippen LogP contribution in [0.1, 0.15) is 56.9 Å². The van der Waals surface area contributed by atoms with Gasteiger partial charge in [0.2, 0.25) is 0 Å². The normalized spacial score (nSPS) is 18.6. The summed E-state index contributed by atoms with van der Waals surface area (Å²) in [5.74, 6) is -3.42. The van der Waals surface area contributed by atoms with Gasteiger partial charge in [0.05, 0.1) is 19.3 Å². The molecule has 6 nitrogen and oxygen atoms in total. The lowest BCUT2D eigenvalue weighted by molar-refractivity contribution is 0.00586. The van der Waals surface area contributed by atoms with Crippen molar-refractivity contribution >= 4 is 6.09 Å². The number of likely N-dealkylation sites (N-methyl/N-ethyl adjacent to an activating group) is 1. The van der Waals surface area contributed by atoms with Crippen molar-refractivity contribution in [2.45, 2.75) is 70.1 Å². The molecule has 0 spiro atoms. The first-order chi connectivity index (χ1) is 15.8. The van der Waals surface area contributed by atoms with Crippen LogP contribution in [0.3, 0.4) is 0 Å². The summed E-state index contributed by atoms with van der Waals surface area (Å²) >= 11 is 0. The summed E-state index contributed by atoms with van der Waals surface area (Å²) in [4.78, 5) is 15.1. The number of hydrogen-bond acceptors (Lipinski definition) is 4. The number of unbranched alkanes of at least 4 members (excludes halogenated alkanes) is 3. The number of carboxylic acid groups (broad SMARTS) is 1. The Labute approximate surface area is 194 Å². The first-order valence-corrected chi connectivity index (χ1v) is 11.7. The number of hydrogen-bond donors (Lipinski definition) is 1. The van der Waals surface area contributed by atoms with Crippen LogP contribution in [0.4, 0.5) is 18.0 Å². The molecule has 2 rings (SSSR count). The average Bonchev–Trinajstić information content (AvgIpc) is 2.78. The Morgan fingerprint density at radius 2 is 1.64 bits per heavy atom. The zero-order valence-corrected chi connectivity index (χ0v) is 19.7. The zero-order valence-electron chi connectivity index (χ0n) is 19.7. The minimum atomic E-state index is -1.29. The molecule has 0 bridgehead atoms. The van der Waals surface area contributed by atoms with Gasteiger partial charge in [-0.3, -0.25) is 0 Å². The smallest absolute Gasteiger partial charge is 0.407 e. The highest BCUT2D eigenvalue weighted by Gasteiger charge is 2.30. The maximum Gasteiger partial charge on any atom is 0.407 e. The quantitative estimate of drug-likeness (QED) is 0.302. The summed E-state index contributed by atoms with van der Waals surface area (Å²) in [7, 11) is 3.80. The summed E-state index contributed by atoms with van der Waals surface area (Å²) in [6, 6.07) is 0.882. The van der Waals surface area contributed by atoms with Gasteiger partial charge in [0.1, 0.15) is 5.82 Å². The second-order valence-electron chi connectivity index (χ2n) is 8.78. The number of rotatable bonds is 14. The van der Waals surface area contributed by atoms with Gasteiger partial charge in [-0.05, 0) is 58.2 Å². The molecule has 1 aromatic carbocycles. The molecule has 33 heavy (non-hydrogen) atoms. The van der Waals surface area contributed by atoms with Gasteiger partial charge in [0, 0.05) is 37.9 Å². The molecule has 1 aliphatic rings. The fourth-order valence-corrected chi connectivity index (χ4v) is 4.19. The Balaban J connectivity index is 1.66. The van der Waals surface area contributed by atoms with Crippen molar-refractivity contribution in [3.63, 3.8) is 0 Å². The number of nitrogens with zero attached hydrogens (tertiary/aromatic N) is 2. The lowest BCUT2D eigenvalue weighted by Gasteiger charge is -2.35. The van der Waals surface area contributed by atoms with Gasteiger partial charge in [0.25, 0.3) is 0 Å². The molecule has 0 aliphatic heterocycles. The molecule has 0 atom stereocenters. The fourth-order valence-electron chi connectivity index (χ4n) is 4.19. The van der Waals surface area contributed by atoms with Gasteiger partial charge in [-0.15, -0.1) is 0 Å². The van der Waals surface area contributed by atoms with Crippen molar-refractivity contribution < 1.29 is 32.5 Å². The van der Waals surface area contributed by atoms with Gasteiger partial charge < -0.3 is 24.4 Å². The molecule has 0 saturated heterocycles. The predicted molar refractivity (Wildman–Crippen MR) is 120 cm³/mol. The Morgan fingerprint density at radius 3 is 2.30 bits per heavy atom. The van der Waals surface area contributed by atoms with Crippen molar-refractivity contribution in [3.8, 4) is 0 Å². The highest BCUT2D eigenvalue weighted by atomic mass is 19.2. The van der Waals surface area contributed by atoms with E-state index in [1.54, 1.807) is 7.11 Å². The first kappa shape index (κ1) is 27.4. The van der Waals surface area contributed by atoms with E-state index in [1.807, 2.05) is 0 Å². The van der Waals surface area contributed by atoms with Crippen LogP contribution in [0.15, 0.2) is 12.1 Å². The third-order valence-electron chi connectivity index (χ3n) is 6.23. The first-order valence-electron chi connectivity index (χ1n) is 11.7. The second kappa shape index (κ2) is 14.4. The Morgan fingerprint density at radius 1 is 0.970 bits per heavy atom. The van der Waals surface area contributed by atoms with Gasteiger partial charge in [0.15, 0.2) is 11.6 Å². The molecule has 1 N–H and O–H groups in total. The molecule has 1 amide bonds. The number of benzene rings is 1. The summed E-state index contributed by atoms with van der Waals surface area (Å²) < 4.78 is 51.6. The molecule has 1 aliphatic carbocycles. The minimum Gasteiger partial charge on any atom is -0.465 e. The van der Waals surface area contributed by atoms with E-state index < -0.39 is 23.5 Å². The van der Waals surface area contributed by atoms with Crippen molar-refractivity contribution in [2.75, 3.05) is 40.5 Å². The molecule has 0 heterocycles. The van der Waals surface area contributed by atoms with Crippen LogP contribution in [0.5, 0.6) is 0 Å². The van der Waals surface area contributed by atoms with Crippen LogP contribution in [0, 0.1) is 17.5 Å². The summed E-state index contributed by atoms with van der Waals surface area (Å²) in [5, 5.41) is 9.58. The molecule has 188 valence electrons. The number of methoxy groups -OCH3 is 1. The zero-order chi connectivity index (χ0) is 24.2. The van der Waals surface area contributed by atoms with Crippen molar-refractivity contribution in [2.24, 2.45) is 0 Å². The van der Waals surface area contributed by atoms with Crippen LogP contribution < -0.4 is 0 Å². The van der Waals surface area contributed by atoms with Crippen molar-refractivity contribution in [1.29, 1.82) is 0 Å². The van der Waals surface area contributed by atoms with Gasteiger partial charge in [-0.2, -0.15) is 0 Å². The fraction of sp³-hybridized carbons (Fsp3) is 0.708. The maximum atomic E-state index is 14.0. The van der Waals surface area contributed by atoms with Crippen molar-refractivity contribution in [1.82, 2.24) is 9.80 Å². The van der Waals surface area contributed by atoms with E-state index >= 15 is 0 Å². The van der Waals surface area contributed by atoms with Crippen LogP contribution in [-0.4, -0.2) is 73.6 Å². The van der Waals surface area contributed by atoms with Gasteiger partial charge in [-0.25, -0.2) is 18.0 Å². The van der Waals surface area contributed by atoms with E-state index in [4.69, 9.17) is 9.47 Å². The molecule has 1 aromatic rings. The predicted octanol–water partition coefficient (Wildman–Crippen LogP) is 5.05. The number of ether oxygens (including phenoxy) is 2. The Bertz CT molecular complexity index is 730. The van der Waals surface area contributed by atoms with E-state index in [9.17, 15) is 23.1 Å². The third-order valence-corrected chi connectivity index (χ3v) is 6.23. The lowest BCUT2D eigenvalue weighted by atomic mass is 9.91. The van der Waals surface area contributed by atoms with Crippen LogP contribution in [0.25, 0.3) is 0 Å². The molecule has 9 heteroatoms. The SMILES string of the molecule is COCCN(C)CCCCCCOC1CCC(N(Cc2cc(F)c(F)cc2F)C(=O)O)CC1. The number of carbonyl (C=O) groups is 1. The largest absolute Gasteiger partial charge is 0.465 e. The summed E-state index contributed by atoms with van der Waals surface area (Å²) in [6.45, 7) is 3.13. The van der Waals surface area contributed by atoms with E-state index in [2.05, 4.69) is 11.9 Å². The van der Waals surface area contributed by atoms with Gasteiger partial charge >= 0.3 is 6.09 Å². The molecule has 1 saturated carbocycles. The lowest BCUT2D eigenvalue weighted by Crippen LogP contribution is -2.42. The topological polar surface area (TPSA) is 62.2 Å².